The van der Waals surface area contributed by atoms with E-state index >= 15 is 0 Å². The topological polar surface area (TPSA) is 221 Å². The van der Waals surface area contributed by atoms with Crippen LogP contribution in [-0.2, 0) is 22.7 Å². The average molecular weight is 523 g/mol. The van der Waals surface area contributed by atoms with Crippen molar-refractivity contribution in [1.82, 2.24) is 19.5 Å². The molecule has 2 aromatic heterocycles. The normalized spacial score (nSPS) is 25.2. The molecular weight excluding hydrogens is 509 g/mol. The van der Waals surface area contributed by atoms with E-state index in [1.165, 1.54) is 10.9 Å². The first kappa shape index (κ1) is 32.9. The van der Waals surface area contributed by atoms with Crippen molar-refractivity contribution in [3.8, 4) is 0 Å². The number of aliphatic hydroxyl groups excluding tert-OH is 1. The van der Waals surface area contributed by atoms with Gasteiger partial charge in [0.2, 0.25) is 0 Å². The first-order chi connectivity index (χ1) is 12.9. The number of aromatic nitrogens is 4. The summed E-state index contributed by atoms with van der Waals surface area (Å²) in [4.78, 5) is 44.5. The van der Waals surface area contributed by atoms with E-state index in [0.717, 1.165) is 0 Å². The van der Waals surface area contributed by atoms with Crippen LogP contribution in [0.15, 0.2) is 6.33 Å². The first-order valence-electron chi connectivity index (χ1n) is 7.55. The number of imidazole rings is 1. The van der Waals surface area contributed by atoms with Crippen molar-refractivity contribution < 1.29 is 131 Å². The number of thiol groups is 1. The summed E-state index contributed by atoms with van der Waals surface area (Å²) in [6.45, 7) is 0.793. The Labute approximate surface area is 248 Å². The smallest absolute Gasteiger partial charge is 0.790 e. The van der Waals surface area contributed by atoms with Crippen LogP contribution in [0.5, 0.6) is 0 Å². The molecule has 0 saturated carbocycles. The molecule has 3 N–H and O–H groups in total. The van der Waals surface area contributed by atoms with Crippen LogP contribution in [-0.4, -0.2) is 48.7 Å². The van der Waals surface area contributed by atoms with Crippen molar-refractivity contribution in [3.05, 3.63) is 12.2 Å². The fourth-order valence-electron chi connectivity index (χ4n) is 2.65. The summed E-state index contributed by atoms with van der Waals surface area (Å²) in [5.74, 6) is 0.504. The summed E-state index contributed by atoms with van der Waals surface area (Å²) >= 11 is 4.26. The molecule has 5 atom stereocenters. The molecule has 3 rings (SSSR count). The number of rotatable bonds is 6. The van der Waals surface area contributed by atoms with E-state index in [1.54, 1.807) is 6.92 Å². The van der Waals surface area contributed by atoms with Crippen molar-refractivity contribution in [2.75, 3.05) is 12.3 Å². The third-order valence-electron chi connectivity index (χ3n) is 3.77. The zero-order valence-corrected chi connectivity index (χ0v) is 25.7. The number of hydrogen-bond donors (Lipinski definition) is 3. The van der Waals surface area contributed by atoms with E-state index in [-0.39, 0.29) is 94.5 Å². The molecule has 20 heteroatoms. The van der Waals surface area contributed by atoms with Crippen molar-refractivity contribution in [3.63, 3.8) is 0 Å². The second-order valence-corrected chi connectivity index (χ2v) is 9.09. The largest absolute Gasteiger partial charge is 1.00 e. The van der Waals surface area contributed by atoms with Gasteiger partial charge >= 0.3 is 88.7 Å². The van der Waals surface area contributed by atoms with Crippen LogP contribution in [0.4, 0.5) is 5.82 Å². The minimum absolute atomic E-state index is 0. The zero-order valence-electron chi connectivity index (χ0n) is 17.0. The second kappa shape index (κ2) is 12.7. The van der Waals surface area contributed by atoms with Gasteiger partial charge in [0.15, 0.2) is 17.7 Å². The molecule has 1 aliphatic heterocycles. The van der Waals surface area contributed by atoms with Gasteiger partial charge in [-0.05, 0) is 6.92 Å². The van der Waals surface area contributed by atoms with Crippen molar-refractivity contribution >= 4 is 45.3 Å². The molecular formula is C11H14N5Na3O9P2S. The van der Waals surface area contributed by atoms with Gasteiger partial charge in [-0.1, -0.05) is 0 Å². The van der Waals surface area contributed by atoms with Gasteiger partial charge in [-0.15, -0.1) is 0 Å². The van der Waals surface area contributed by atoms with E-state index in [9.17, 15) is 28.9 Å². The summed E-state index contributed by atoms with van der Waals surface area (Å²) in [5.41, 5.74) is 6.39. The fourth-order valence-corrected chi connectivity index (χ4v) is 4.55. The number of ether oxygens (including phenoxy) is 1. The number of phosphoric ester groups is 1. The molecule has 0 aromatic carbocycles. The number of anilines is 1. The zero-order chi connectivity index (χ0) is 20.9. The van der Waals surface area contributed by atoms with Crippen molar-refractivity contribution in [1.29, 1.82) is 0 Å². The molecule has 1 fully saturated rings. The van der Waals surface area contributed by atoms with Crippen LogP contribution in [0.3, 0.4) is 0 Å². The third-order valence-corrected chi connectivity index (χ3v) is 6.39. The molecule has 0 amide bonds. The number of phosphoric acid groups is 2. The molecule has 14 nitrogen and oxygen atoms in total. The number of nitrogen functional groups attached to an aromatic ring is 1. The molecule has 0 aliphatic carbocycles. The number of fused-ring (bicyclic) bond motifs is 1. The van der Waals surface area contributed by atoms with Crippen LogP contribution < -0.4 is 109 Å². The monoisotopic (exact) mass is 523 g/mol. The average Bonchev–Trinajstić information content (AvgIpc) is 3.06. The third kappa shape index (κ3) is 8.21. The molecule has 1 aliphatic rings. The van der Waals surface area contributed by atoms with Gasteiger partial charge in [-0.3, -0.25) is 13.4 Å². The van der Waals surface area contributed by atoms with E-state index in [2.05, 4.69) is 36.4 Å². The van der Waals surface area contributed by atoms with Crippen LogP contribution in [0.25, 0.3) is 11.2 Å². The molecule has 0 spiro atoms. The Bertz CT molecular complexity index is 997. The van der Waals surface area contributed by atoms with Gasteiger partial charge in [-0.25, -0.2) is 15.0 Å². The molecule has 156 valence electrons. The molecule has 3 heterocycles. The number of aryl methyl sites for hydroxylation is 1. The Balaban J connectivity index is 0.00000300. The molecule has 31 heavy (non-hydrogen) atoms. The molecule has 1 saturated heterocycles. The van der Waals surface area contributed by atoms with Gasteiger partial charge < -0.3 is 39.3 Å². The van der Waals surface area contributed by atoms with Gasteiger partial charge in [0.1, 0.15) is 17.4 Å². The number of nitrogens with two attached hydrogens (primary N) is 1. The van der Waals surface area contributed by atoms with E-state index in [4.69, 9.17) is 10.5 Å². The first-order valence-corrected chi connectivity index (χ1v) is 11.0. The Morgan fingerprint density at radius 1 is 1.29 bits per heavy atom. The van der Waals surface area contributed by atoms with Crippen molar-refractivity contribution in [2.45, 2.75) is 30.6 Å². The van der Waals surface area contributed by atoms with E-state index in [1.807, 2.05) is 0 Å². The van der Waals surface area contributed by atoms with Crippen molar-refractivity contribution in [2.24, 2.45) is 0 Å². The van der Waals surface area contributed by atoms with Gasteiger partial charge in [0, 0.05) is 0 Å². The van der Waals surface area contributed by atoms with Crippen LogP contribution in [0.1, 0.15) is 12.1 Å². The Morgan fingerprint density at radius 3 is 2.48 bits per heavy atom. The Kier molecular flexibility index (Phi) is 13.5. The predicted octanol–water partition coefficient (Wildman–Crippen LogP) is -11.4. The maximum absolute atomic E-state index is 11.4. The van der Waals surface area contributed by atoms with Crippen LogP contribution >= 0.6 is 28.3 Å². The molecule has 0 radical (unpaired) electrons. The standard InChI is InChI=1S/C11H17N5O9P2S.3Na/c1-4-14-9(12)6-10(15-4)16(3-13-6)11-8(28)7(17)5(24-11)2-23-27(21,22)25-26(18,19)20;;;/h3,5,7-8,11,17,28H,2H2,1H3,(H,21,22)(H2,12,14,15)(H2,18,19,20);;;/q;3*+1/p-3/t5-,7-,8-,11-;;;/m1.../s1. The minimum atomic E-state index is -5.82. The summed E-state index contributed by atoms with van der Waals surface area (Å²) < 4.78 is 36.4. The van der Waals surface area contributed by atoms with Crippen LogP contribution in [0, 0.1) is 6.92 Å². The van der Waals surface area contributed by atoms with E-state index in [0.29, 0.717) is 17.0 Å². The summed E-state index contributed by atoms with van der Waals surface area (Å²) in [7, 11) is -11.3. The number of nitrogens with zero attached hydrogens (tertiary/aromatic N) is 4. The van der Waals surface area contributed by atoms with E-state index < -0.39 is 45.9 Å². The quantitative estimate of drug-likeness (QED) is 0.182. The SMILES string of the molecule is Cc1nc(N)c2ncn([C@@H]3O[C@H](COP(=O)([O-])OP(=O)([O-])[O-])[C@@H](O)[C@H]3S)c2n1.[Na+].[Na+].[Na+]. The molecule has 0 bridgehead atoms. The van der Waals surface area contributed by atoms with Gasteiger partial charge in [-0.2, -0.15) is 12.6 Å². The maximum atomic E-state index is 11.4. The number of aliphatic hydroxyl groups is 1. The Hall–Kier alpha value is 1.88. The minimum Gasteiger partial charge on any atom is -0.790 e. The van der Waals surface area contributed by atoms with Crippen LogP contribution in [0.2, 0.25) is 0 Å². The predicted molar refractivity (Wildman–Crippen MR) is 89.4 cm³/mol. The summed E-state index contributed by atoms with van der Waals surface area (Å²) in [5, 5.41) is 9.39. The molecule has 2 aromatic rings. The second-order valence-electron chi connectivity index (χ2n) is 5.80. The summed E-state index contributed by atoms with van der Waals surface area (Å²) in [6, 6.07) is 0. The maximum Gasteiger partial charge on any atom is 1.00 e. The van der Waals surface area contributed by atoms with Gasteiger partial charge in [0.05, 0.1) is 32.1 Å². The van der Waals surface area contributed by atoms with Gasteiger partial charge in [0.25, 0.3) is 7.82 Å². The summed E-state index contributed by atoms with van der Waals surface area (Å²) in [6.07, 6.45) is -2.17. The molecule has 1 unspecified atom stereocenters. The fraction of sp³-hybridized carbons (Fsp3) is 0.545. The number of hydrogen-bond acceptors (Lipinski definition) is 14. The Morgan fingerprint density at radius 2 is 1.90 bits per heavy atom.